The van der Waals surface area contributed by atoms with E-state index < -0.39 is 11.6 Å². The molecular weight excluding hydrogens is 578 g/mol. The van der Waals surface area contributed by atoms with E-state index in [2.05, 4.69) is 43.0 Å². The lowest BCUT2D eigenvalue weighted by Gasteiger charge is -2.22. The van der Waals surface area contributed by atoms with Crippen LogP contribution in [0.25, 0.3) is 11.1 Å². The quantitative estimate of drug-likeness (QED) is 0.204. The molecule has 2 heterocycles. The second-order valence-corrected chi connectivity index (χ2v) is 11.2. The van der Waals surface area contributed by atoms with Gasteiger partial charge in [-0.05, 0) is 84.1 Å². The van der Waals surface area contributed by atoms with Crippen molar-refractivity contribution >= 4 is 34.7 Å². The Balaban J connectivity index is 0.00000141. The first-order chi connectivity index (χ1) is 21.3. The van der Waals surface area contributed by atoms with Crippen LogP contribution in [0, 0.1) is 11.6 Å². The van der Waals surface area contributed by atoms with Gasteiger partial charge in [0.25, 0.3) is 5.91 Å². The monoisotopic (exact) mass is 616 g/mol. The van der Waals surface area contributed by atoms with Crippen molar-refractivity contribution in [3.05, 3.63) is 112 Å². The molecule has 0 bridgehead atoms. The first-order valence-corrected chi connectivity index (χ1v) is 15.6. The van der Waals surface area contributed by atoms with Crippen molar-refractivity contribution in [2.75, 3.05) is 18.4 Å². The first-order valence-electron chi connectivity index (χ1n) is 15.3. The number of nitrogens with one attached hydrogen (secondary N) is 1. The number of nitrogens with zero attached hydrogens (tertiary/aromatic N) is 3. The van der Waals surface area contributed by atoms with E-state index in [1.165, 1.54) is 24.6 Å². The number of rotatable bonds is 9. The van der Waals surface area contributed by atoms with Crippen LogP contribution in [0.15, 0.2) is 77.9 Å². The minimum atomic E-state index is -0.689. The fourth-order valence-electron chi connectivity index (χ4n) is 5.02. The van der Waals surface area contributed by atoms with Crippen LogP contribution in [0.4, 0.5) is 20.3 Å². The van der Waals surface area contributed by atoms with Gasteiger partial charge in [0, 0.05) is 41.1 Å². The van der Waals surface area contributed by atoms with Crippen LogP contribution in [-0.2, 0) is 6.54 Å². The predicted molar refractivity (Wildman–Crippen MR) is 177 cm³/mol. The molecule has 5 nitrogen and oxygen atoms in total. The molecule has 0 atom stereocenters. The van der Waals surface area contributed by atoms with Gasteiger partial charge in [-0.2, -0.15) is 0 Å². The Morgan fingerprint density at radius 1 is 0.886 bits per heavy atom. The Morgan fingerprint density at radius 3 is 2.25 bits per heavy atom. The number of amides is 1. The lowest BCUT2D eigenvalue weighted by Crippen LogP contribution is -2.32. The molecule has 0 radical (unpaired) electrons. The van der Waals surface area contributed by atoms with Crippen molar-refractivity contribution < 1.29 is 13.6 Å². The number of benzene rings is 3. The number of anilines is 2. The van der Waals surface area contributed by atoms with Crippen molar-refractivity contribution in [3.63, 3.8) is 0 Å². The van der Waals surface area contributed by atoms with Crippen LogP contribution in [0.1, 0.15) is 80.4 Å². The van der Waals surface area contributed by atoms with E-state index in [9.17, 15) is 13.6 Å². The zero-order chi connectivity index (χ0) is 31.6. The van der Waals surface area contributed by atoms with Crippen molar-refractivity contribution in [3.8, 4) is 11.1 Å². The Bertz CT molecular complexity index is 1600. The number of carbonyl (C=O) groups excluding carboxylic acids is 1. The Hall–Kier alpha value is -4.10. The largest absolute Gasteiger partial charge is 0.340 e. The predicted octanol–water partition coefficient (Wildman–Crippen LogP) is 9.84. The van der Waals surface area contributed by atoms with E-state index in [0.29, 0.717) is 22.0 Å². The summed E-state index contributed by atoms with van der Waals surface area (Å²) in [5, 5.41) is 3.75. The van der Waals surface area contributed by atoms with Gasteiger partial charge in [0.2, 0.25) is 0 Å². The number of halogens is 3. The molecule has 0 saturated carbocycles. The average Bonchev–Trinajstić information content (AvgIpc) is 3.16. The van der Waals surface area contributed by atoms with E-state index in [-0.39, 0.29) is 23.7 Å². The van der Waals surface area contributed by atoms with Gasteiger partial charge in [-0.25, -0.2) is 13.8 Å². The fourth-order valence-corrected chi connectivity index (χ4v) is 5.20. The highest BCUT2D eigenvalue weighted by atomic mass is 35.5. The maximum atomic E-state index is 14.8. The number of aliphatic imine (C=N–C) groups is 1. The second kappa shape index (κ2) is 15.6. The molecule has 1 aliphatic heterocycles. The van der Waals surface area contributed by atoms with Crippen LogP contribution in [-0.4, -0.2) is 34.6 Å². The third kappa shape index (κ3) is 7.69. The topological polar surface area (TPSA) is 57.6 Å². The lowest BCUT2D eigenvalue weighted by molar-refractivity contribution is 0.0753. The molecule has 0 saturated heterocycles. The molecule has 5 rings (SSSR count). The van der Waals surface area contributed by atoms with Crippen molar-refractivity contribution in [2.24, 2.45) is 4.99 Å². The standard InChI is InChI=1S/C33H31ClF2N4O.C3H8/c1-3-5-16-40(15-4-2)33(41)21-9-12-24(13-10-21)39-30-18-26-22(19-37-30)20-38-32(27-17-23(34)11-14-25(26)27)31-28(35)7-6-8-29(31)36;1-3-2/h6-14,17-19H,3-5,15-16,20H2,1-2H3,(H,37,39);3H2,1-2H3. The number of aromatic nitrogens is 1. The number of fused-ring (bicyclic) bond motifs is 3. The summed E-state index contributed by atoms with van der Waals surface area (Å²) < 4.78 is 29.6. The number of unbranched alkanes of at least 4 members (excludes halogenated alkanes) is 1. The van der Waals surface area contributed by atoms with E-state index in [1.54, 1.807) is 18.3 Å². The SMILES string of the molecule is CCC.CCCCN(CCC)C(=O)c1ccc(Nc2cc3c(cn2)CN=C(c2c(F)cccc2F)c2cc(Cl)ccc2-3)cc1. The fraction of sp³-hybridized carbons (Fsp3) is 0.306. The summed E-state index contributed by atoms with van der Waals surface area (Å²) in [5.74, 6) is -0.760. The maximum Gasteiger partial charge on any atom is 0.253 e. The Kier molecular flexibility index (Phi) is 11.6. The van der Waals surface area contributed by atoms with Gasteiger partial charge in [0.1, 0.15) is 17.5 Å². The molecular formula is C36H39ClF2N4O. The molecule has 4 aromatic rings. The summed E-state index contributed by atoms with van der Waals surface area (Å²) in [6.45, 7) is 10.1. The lowest BCUT2D eigenvalue weighted by atomic mass is 9.92. The third-order valence-corrected chi connectivity index (χ3v) is 7.32. The molecule has 1 aliphatic rings. The average molecular weight is 617 g/mol. The molecule has 0 spiro atoms. The van der Waals surface area contributed by atoms with E-state index in [0.717, 1.165) is 54.7 Å². The van der Waals surface area contributed by atoms with Gasteiger partial charge in [-0.3, -0.25) is 9.79 Å². The van der Waals surface area contributed by atoms with Gasteiger partial charge in [0.05, 0.1) is 17.8 Å². The Labute approximate surface area is 264 Å². The Morgan fingerprint density at radius 2 is 1.59 bits per heavy atom. The zero-order valence-corrected chi connectivity index (χ0v) is 26.5. The first kappa shape index (κ1) is 32.8. The van der Waals surface area contributed by atoms with Gasteiger partial charge < -0.3 is 10.2 Å². The third-order valence-electron chi connectivity index (χ3n) is 7.09. The number of hydrogen-bond donors (Lipinski definition) is 1. The van der Waals surface area contributed by atoms with Gasteiger partial charge in [-0.15, -0.1) is 0 Å². The zero-order valence-electron chi connectivity index (χ0n) is 25.8. The molecule has 8 heteroatoms. The minimum Gasteiger partial charge on any atom is -0.340 e. The number of carbonyl (C=O) groups is 1. The summed E-state index contributed by atoms with van der Waals surface area (Å²) in [5.41, 5.74) is 4.39. The van der Waals surface area contributed by atoms with E-state index in [1.807, 2.05) is 41.3 Å². The number of pyridine rings is 1. The molecule has 0 fully saturated rings. The molecule has 1 N–H and O–H groups in total. The highest BCUT2D eigenvalue weighted by Crippen LogP contribution is 2.36. The van der Waals surface area contributed by atoms with Crippen LogP contribution < -0.4 is 5.32 Å². The number of hydrogen-bond acceptors (Lipinski definition) is 4. The molecule has 0 unspecified atom stereocenters. The maximum absolute atomic E-state index is 14.8. The van der Waals surface area contributed by atoms with Crippen LogP contribution >= 0.6 is 11.6 Å². The summed E-state index contributed by atoms with van der Waals surface area (Å²) >= 11 is 6.33. The molecule has 1 amide bonds. The molecule has 3 aromatic carbocycles. The van der Waals surface area contributed by atoms with Gasteiger partial charge in [-0.1, -0.05) is 64.3 Å². The molecule has 44 heavy (non-hydrogen) atoms. The van der Waals surface area contributed by atoms with Gasteiger partial charge in [0.15, 0.2) is 0 Å². The highest BCUT2D eigenvalue weighted by Gasteiger charge is 2.24. The van der Waals surface area contributed by atoms with Crippen molar-refractivity contribution in [1.82, 2.24) is 9.88 Å². The molecule has 1 aromatic heterocycles. The second-order valence-electron chi connectivity index (χ2n) is 10.7. The van der Waals surface area contributed by atoms with E-state index in [4.69, 9.17) is 11.6 Å². The summed E-state index contributed by atoms with van der Waals surface area (Å²) in [7, 11) is 0. The summed E-state index contributed by atoms with van der Waals surface area (Å²) in [6, 6.07) is 18.3. The molecule has 0 aliphatic carbocycles. The smallest absolute Gasteiger partial charge is 0.253 e. The van der Waals surface area contributed by atoms with Crippen molar-refractivity contribution in [1.29, 1.82) is 0 Å². The van der Waals surface area contributed by atoms with Crippen LogP contribution in [0.5, 0.6) is 0 Å². The van der Waals surface area contributed by atoms with Gasteiger partial charge >= 0.3 is 0 Å². The van der Waals surface area contributed by atoms with Crippen LogP contribution in [0.3, 0.4) is 0 Å². The normalized spacial score (nSPS) is 11.8. The summed E-state index contributed by atoms with van der Waals surface area (Å²) in [4.78, 5) is 24.1. The molecule has 230 valence electrons. The van der Waals surface area contributed by atoms with E-state index >= 15 is 0 Å². The van der Waals surface area contributed by atoms with Crippen molar-refractivity contribution in [2.45, 2.75) is 59.9 Å². The van der Waals surface area contributed by atoms with Crippen LogP contribution in [0.2, 0.25) is 5.02 Å². The highest BCUT2D eigenvalue weighted by molar-refractivity contribution is 6.31. The summed E-state index contributed by atoms with van der Waals surface area (Å²) in [6.07, 6.45) is 5.90. The minimum absolute atomic E-state index is 0.0346.